The molecule has 2 N–H and O–H groups in total. The van der Waals surface area contributed by atoms with Gasteiger partial charge in [0.25, 0.3) is 5.91 Å². The van der Waals surface area contributed by atoms with Gasteiger partial charge in [0.2, 0.25) is 16.9 Å². The average Bonchev–Trinajstić information content (AvgIpc) is 3.46. The van der Waals surface area contributed by atoms with Gasteiger partial charge in [0.1, 0.15) is 10.8 Å². The number of rotatable bonds is 8. The maximum absolute atomic E-state index is 12.6. The lowest BCUT2D eigenvalue weighted by Crippen LogP contribution is -2.24. The summed E-state index contributed by atoms with van der Waals surface area (Å²) in [6, 6.07) is 14.0. The lowest BCUT2D eigenvalue weighted by Gasteiger charge is -2.16. The molecule has 2 heterocycles. The minimum absolute atomic E-state index is 0.0158. The normalized spacial score (nSPS) is 15.3. The Labute approximate surface area is 201 Å². The average molecular weight is 480 g/mol. The van der Waals surface area contributed by atoms with Gasteiger partial charge >= 0.3 is 0 Å². The van der Waals surface area contributed by atoms with Crippen molar-refractivity contribution in [1.29, 1.82) is 0 Å². The summed E-state index contributed by atoms with van der Waals surface area (Å²) in [5, 5.41) is 14.9. The fraction of sp³-hybridized carbons (Fsp3) is 0.292. The molecular weight excluding hydrogens is 454 g/mol. The van der Waals surface area contributed by atoms with Crippen molar-refractivity contribution in [2.75, 3.05) is 29.2 Å². The fourth-order valence-electron chi connectivity index (χ4n) is 3.66. The largest absolute Gasteiger partial charge is 0.497 e. The molecule has 2 aromatic carbocycles. The molecule has 1 aliphatic rings. The lowest BCUT2D eigenvalue weighted by atomic mass is 10.1. The number of anilines is 3. The van der Waals surface area contributed by atoms with E-state index < -0.39 is 0 Å². The minimum atomic E-state index is -0.323. The zero-order valence-corrected chi connectivity index (χ0v) is 19.7. The Hall–Kier alpha value is -3.79. The van der Waals surface area contributed by atoms with Gasteiger partial charge in [0, 0.05) is 42.2 Å². The van der Waals surface area contributed by atoms with Crippen LogP contribution < -0.4 is 20.3 Å². The van der Waals surface area contributed by atoms with E-state index >= 15 is 0 Å². The second-order valence-electron chi connectivity index (χ2n) is 7.88. The van der Waals surface area contributed by atoms with Gasteiger partial charge < -0.3 is 15.0 Å². The second kappa shape index (κ2) is 10.4. The van der Waals surface area contributed by atoms with Gasteiger partial charge in [-0.2, -0.15) is 0 Å². The third-order valence-corrected chi connectivity index (χ3v) is 6.43. The predicted molar refractivity (Wildman–Crippen MR) is 131 cm³/mol. The third-order valence-electron chi connectivity index (χ3n) is 5.43. The Kier molecular flexibility index (Phi) is 7.17. The zero-order chi connectivity index (χ0) is 24.1. The van der Waals surface area contributed by atoms with Crippen LogP contribution >= 0.6 is 11.3 Å². The van der Waals surface area contributed by atoms with E-state index in [1.165, 1.54) is 11.3 Å². The van der Waals surface area contributed by atoms with Crippen molar-refractivity contribution in [3.05, 3.63) is 59.1 Å². The van der Waals surface area contributed by atoms with Gasteiger partial charge in [0.05, 0.1) is 7.11 Å². The van der Waals surface area contributed by atoms with Gasteiger partial charge in [-0.15, -0.1) is 10.2 Å². The highest BCUT2D eigenvalue weighted by Gasteiger charge is 2.34. The molecule has 0 bridgehead atoms. The van der Waals surface area contributed by atoms with Gasteiger partial charge in [-0.25, -0.2) is 0 Å². The first-order chi connectivity index (χ1) is 16.5. The quantitative estimate of drug-likeness (QED) is 0.504. The van der Waals surface area contributed by atoms with Crippen LogP contribution in [0.4, 0.5) is 16.5 Å². The molecule has 0 radical (unpaired) electrons. The van der Waals surface area contributed by atoms with Crippen LogP contribution in [-0.2, 0) is 9.59 Å². The maximum atomic E-state index is 12.6. The van der Waals surface area contributed by atoms with Crippen LogP contribution in [0.1, 0.15) is 47.5 Å². The topological polar surface area (TPSA) is 114 Å². The molecule has 9 nitrogen and oxygen atoms in total. The smallest absolute Gasteiger partial charge is 0.257 e. The van der Waals surface area contributed by atoms with Crippen molar-refractivity contribution in [2.24, 2.45) is 0 Å². The fourth-order valence-corrected chi connectivity index (χ4v) is 4.49. The molecule has 34 heavy (non-hydrogen) atoms. The Morgan fingerprint density at radius 2 is 1.82 bits per heavy atom. The Balaban J connectivity index is 1.36. The van der Waals surface area contributed by atoms with E-state index in [1.54, 1.807) is 36.3 Å². The Morgan fingerprint density at radius 3 is 2.50 bits per heavy atom. The van der Waals surface area contributed by atoms with E-state index in [-0.39, 0.29) is 23.6 Å². The molecule has 176 valence electrons. The molecule has 4 rings (SSSR count). The molecule has 0 spiro atoms. The molecule has 1 unspecified atom stereocenters. The van der Waals surface area contributed by atoms with E-state index in [0.29, 0.717) is 40.8 Å². The van der Waals surface area contributed by atoms with Crippen LogP contribution in [0.15, 0.2) is 48.5 Å². The summed E-state index contributed by atoms with van der Waals surface area (Å²) >= 11 is 1.27. The summed E-state index contributed by atoms with van der Waals surface area (Å²) in [6.07, 6.45) is 1.55. The molecule has 1 saturated heterocycles. The number of ether oxygens (including phenoxy) is 1. The molecule has 1 fully saturated rings. The number of aromatic nitrogens is 2. The van der Waals surface area contributed by atoms with Crippen LogP contribution in [0.5, 0.6) is 5.75 Å². The summed E-state index contributed by atoms with van der Waals surface area (Å²) in [7, 11) is 1.60. The molecule has 0 saturated carbocycles. The number of carbonyl (C=O) groups is 3. The summed E-state index contributed by atoms with van der Waals surface area (Å²) in [6.45, 7) is 2.44. The molecule has 3 amide bonds. The van der Waals surface area contributed by atoms with Gasteiger partial charge in [-0.3, -0.25) is 19.7 Å². The van der Waals surface area contributed by atoms with Crippen LogP contribution in [0.3, 0.4) is 0 Å². The highest BCUT2D eigenvalue weighted by Crippen LogP contribution is 2.34. The number of benzene rings is 2. The van der Waals surface area contributed by atoms with Crippen molar-refractivity contribution in [3.8, 4) is 5.75 Å². The summed E-state index contributed by atoms with van der Waals surface area (Å²) in [4.78, 5) is 38.6. The molecule has 10 heteroatoms. The molecular formula is C24H25N5O4S. The van der Waals surface area contributed by atoms with E-state index in [4.69, 9.17) is 4.74 Å². The zero-order valence-electron chi connectivity index (χ0n) is 18.9. The number of nitrogens with one attached hydrogen (secondary N) is 2. The number of carbonyl (C=O) groups excluding carboxylic acids is 3. The number of amides is 3. The van der Waals surface area contributed by atoms with Crippen LogP contribution in [0.25, 0.3) is 0 Å². The van der Waals surface area contributed by atoms with E-state index in [9.17, 15) is 14.4 Å². The minimum Gasteiger partial charge on any atom is -0.497 e. The van der Waals surface area contributed by atoms with E-state index in [1.807, 2.05) is 31.2 Å². The standard InChI is InChI=1S/C24H25N5O4S/c1-3-4-20(30)25-17-7-5-15(6-8-17)22(32)26-24-28-27-23(34-24)16-13-21(31)29(14-16)18-9-11-19(33-2)12-10-18/h5-12,16H,3-4,13-14H2,1-2H3,(H,25,30)(H,26,28,32). The van der Waals surface area contributed by atoms with Gasteiger partial charge in [-0.05, 0) is 55.0 Å². The first-order valence-electron chi connectivity index (χ1n) is 11.0. The Bertz CT molecular complexity index is 1180. The predicted octanol–water partition coefficient (Wildman–Crippen LogP) is 4.06. The second-order valence-corrected chi connectivity index (χ2v) is 8.89. The van der Waals surface area contributed by atoms with Crippen LogP contribution in [0, 0.1) is 0 Å². The van der Waals surface area contributed by atoms with Crippen molar-refractivity contribution in [2.45, 2.75) is 32.1 Å². The molecule has 1 aliphatic heterocycles. The van der Waals surface area contributed by atoms with Gasteiger partial charge in [-0.1, -0.05) is 18.3 Å². The first kappa shape index (κ1) is 23.4. The number of nitrogens with zero attached hydrogens (tertiary/aromatic N) is 3. The number of hydrogen-bond donors (Lipinski definition) is 2. The summed E-state index contributed by atoms with van der Waals surface area (Å²) in [5.41, 5.74) is 1.88. The summed E-state index contributed by atoms with van der Waals surface area (Å²) in [5.74, 6) is 0.270. The van der Waals surface area contributed by atoms with Crippen molar-refractivity contribution in [3.63, 3.8) is 0 Å². The summed E-state index contributed by atoms with van der Waals surface area (Å²) < 4.78 is 5.17. The highest BCUT2D eigenvalue weighted by molar-refractivity contribution is 7.15. The van der Waals surface area contributed by atoms with Crippen molar-refractivity contribution >= 4 is 45.6 Å². The highest BCUT2D eigenvalue weighted by atomic mass is 32.1. The number of hydrogen-bond acceptors (Lipinski definition) is 7. The van der Waals surface area contributed by atoms with Crippen molar-refractivity contribution in [1.82, 2.24) is 10.2 Å². The SMILES string of the molecule is CCCC(=O)Nc1ccc(C(=O)Nc2nnc(C3CC(=O)N(c4ccc(OC)cc4)C3)s2)cc1. The van der Waals surface area contributed by atoms with Crippen molar-refractivity contribution < 1.29 is 19.1 Å². The van der Waals surface area contributed by atoms with E-state index in [0.717, 1.165) is 17.9 Å². The van der Waals surface area contributed by atoms with Crippen LogP contribution in [-0.4, -0.2) is 41.6 Å². The Morgan fingerprint density at radius 1 is 1.09 bits per heavy atom. The molecule has 3 aromatic rings. The monoisotopic (exact) mass is 479 g/mol. The molecule has 0 aliphatic carbocycles. The van der Waals surface area contributed by atoms with Gasteiger partial charge in [0.15, 0.2) is 0 Å². The third kappa shape index (κ3) is 5.40. The maximum Gasteiger partial charge on any atom is 0.257 e. The molecule has 1 atom stereocenters. The molecule has 1 aromatic heterocycles. The van der Waals surface area contributed by atoms with Crippen LogP contribution in [0.2, 0.25) is 0 Å². The lowest BCUT2D eigenvalue weighted by molar-refractivity contribution is -0.117. The van der Waals surface area contributed by atoms with E-state index in [2.05, 4.69) is 20.8 Å². The number of methoxy groups -OCH3 is 1. The first-order valence-corrected chi connectivity index (χ1v) is 11.8.